The zero-order chi connectivity index (χ0) is 13.2. The fourth-order valence-corrected chi connectivity index (χ4v) is 2.32. The molecule has 0 heterocycles. The van der Waals surface area contributed by atoms with Crippen molar-refractivity contribution >= 4 is 5.91 Å². The number of hydrogen-bond acceptors (Lipinski definition) is 2. The van der Waals surface area contributed by atoms with Crippen molar-refractivity contribution in [2.75, 3.05) is 14.2 Å². The Morgan fingerprint density at radius 2 is 1.88 bits per heavy atom. The predicted octanol–water partition coefficient (Wildman–Crippen LogP) is 2.34. The lowest BCUT2D eigenvalue weighted by Gasteiger charge is -2.27. The van der Waals surface area contributed by atoms with Crippen LogP contribution in [0.4, 0.5) is 0 Å². The van der Waals surface area contributed by atoms with Gasteiger partial charge in [-0.05, 0) is 44.9 Å². The van der Waals surface area contributed by atoms with Crippen molar-refractivity contribution in [3.05, 3.63) is 28.8 Å². The molecule has 0 aliphatic carbocycles. The monoisotopic (exact) mass is 235 g/mol. The number of likely N-dealkylation sites (N-methyl/N-ethyl adjacent to an activating group) is 1. The molecule has 0 spiro atoms. The summed E-state index contributed by atoms with van der Waals surface area (Å²) < 4.78 is 5.41. The molecular weight excluding hydrogens is 214 g/mol. The van der Waals surface area contributed by atoms with E-state index in [0.717, 1.165) is 22.4 Å². The summed E-state index contributed by atoms with van der Waals surface area (Å²) in [5.74, 6) is 0.763. The Bertz CT molecular complexity index is 436. The van der Waals surface area contributed by atoms with Crippen LogP contribution in [0.1, 0.15) is 30.5 Å². The van der Waals surface area contributed by atoms with E-state index in [-0.39, 0.29) is 5.91 Å². The fourth-order valence-electron chi connectivity index (χ4n) is 2.32. The number of amides is 1. The van der Waals surface area contributed by atoms with Gasteiger partial charge in [-0.25, -0.2) is 0 Å². The Morgan fingerprint density at radius 1 is 1.29 bits per heavy atom. The summed E-state index contributed by atoms with van der Waals surface area (Å²) in [6, 6.07) is 4.04. The molecule has 0 atom stereocenters. The summed E-state index contributed by atoms with van der Waals surface area (Å²) in [5.41, 5.74) is 2.56. The van der Waals surface area contributed by atoms with Crippen LogP contribution in [0.5, 0.6) is 5.75 Å². The van der Waals surface area contributed by atoms with Gasteiger partial charge in [-0.2, -0.15) is 0 Å². The Labute approximate surface area is 103 Å². The molecule has 17 heavy (non-hydrogen) atoms. The smallest absolute Gasteiger partial charge is 0.229 e. The number of benzene rings is 1. The number of methoxy groups -OCH3 is 1. The van der Waals surface area contributed by atoms with Crippen LogP contribution in [0.25, 0.3) is 0 Å². The van der Waals surface area contributed by atoms with Crippen LogP contribution in [0, 0.1) is 13.8 Å². The van der Waals surface area contributed by atoms with Crippen molar-refractivity contribution in [1.82, 2.24) is 5.32 Å². The second-order valence-electron chi connectivity index (χ2n) is 4.86. The summed E-state index contributed by atoms with van der Waals surface area (Å²) in [7, 11) is 3.29. The Hall–Kier alpha value is -1.51. The minimum absolute atomic E-state index is 0.0113. The zero-order valence-electron chi connectivity index (χ0n) is 11.5. The molecule has 0 fully saturated rings. The molecule has 0 saturated heterocycles. The first kappa shape index (κ1) is 13.6. The zero-order valence-corrected chi connectivity index (χ0v) is 11.5. The highest BCUT2D eigenvalue weighted by molar-refractivity contribution is 5.88. The molecule has 0 unspecified atom stereocenters. The lowest BCUT2D eigenvalue weighted by atomic mass is 9.80. The van der Waals surface area contributed by atoms with Crippen LogP contribution >= 0.6 is 0 Å². The highest BCUT2D eigenvalue weighted by atomic mass is 16.5. The molecular formula is C14H21NO2. The molecule has 1 rings (SSSR count). The van der Waals surface area contributed by atoms with E-state index >= 15 is 0 Å². The van der Waals surface area contributed by atoms with E-state index in [4.69, 9.17) is 4.74 Å². The quantitative estimate of drug-likeness (QED) is 0.873. The molecule has 0 radical (unpaired) electrons. The molecule has 1 aromatic rings. The van der Waals surface area contributed by atoms with E-state index in [9.17, 15) is 4.79 Å². The van der Waals surface area contributed by atoms with Crippen LogP contribution in [0.3, 0.4) is 0 Å². The Kier molecular flexibility index (Phi) is 3.81. The average molecular weight is 235 g/mol. The molecule has 1 N–H and O–H groups in total. The summed E-state index contributed by atoms with van der Waals surface area (Å²) in [4.78, 5) is 12.0. The first-order chi connectivity index (χ1) is 7.84. The predicted molar refractivity (Wildman–Crippen MR) is 69.6 cm³/mol. The third-order valence-corrected chi connectivity index (χ3v) is 3.08. The molecule has 1 aromatic carbocycles. The molecule has 0 saturated carbocycles. The number of hydrogen-bond donors (Lipinski definition) is 1. The Balaban J connectivity index is 3.44. The molecule has 0 bridgehead atoms. The molecule has 1 amide bonds. The highest BCUT2D eigenvalue weighted by Gasteiger charge is 2.33. The maximum absolute atomic E-state index is 12.0. The van der Waals surface area contributed by atoms with Crippen molar-refractivity contribution in [1.29, 1.82) is 0 Å². The van der Waals surface area contributed by atoms with Crippen LogP contribution in [-0.2, 0) is 10.2 Å². The highest BCUT2D eigenvalue weighted by Crippen LogP contribution is 2.35. The molecule has 0 aliphatic rings. The van der Waals surface area contributed by atoms with Gasteiger partial charge < -0.3 is 10.1 Å². The standard InChI is InChI=1S/C14H21NO2/c1-9-7-10(2)12(11(8-9)17-6)14(3,4)13(16)15-5/h7-8H,1-6H3,(H,15,16). The van der Waals surface area contributed by atoms with Gasteiger partial charge in [0.1, 0.15) is 5.75 Å². The first-order valence-corrected chi connectivity index (χ1v) is 5.72. The first-order valence-electron chi connectivity index (χ1n) is 5.72. The average Bonchev–Trinajstić information content (AvgIpc) is 2.25. The topological polar surface area (TPSA) is 38.3 Å². The lowest BCUT2D eigenvalue weighted by molar-refractivity contribution is -0.125. The molecule has 0 aliphatic heterocycles. The minimum Gasteiger partial charge on any atom is -0.496 e. The van der Waals surface area contributed by atoms with Gasteiger partial charge in [-0.1, -0.05) is 6.07 Å². The molecule has 94 valence electrons. The van der Waals surface area contributed by atoms with E-state index in [2.05, 4.69) is 11.4 Å². The number of rotatable bonds is 3. The van der Waals surface area contributed by atoms with Crippen LogP contribution in [-0.4, -0.2) is 20.1 Å². The summed E-state index contributed by atoms with van der Waals surface area (Å²) in [5, 5.41) is 2.70. The summed E-state index contributed by atoms with van der Waals surface area (Å²) >= 11 is 0. The summed E-state index contributed by atoms with van der Waals surface area (Å²) in [6.45, 7) is 7.85. The number of nitrogens with one attached hydrogen (secondary N) is 1. The number of carbonyl (C=O) groups excluding carboxylic acids is 1. The Morgan fingerprint density at radius 3 is 2.35 bits per heavy atom. The van der Waals surface area contributed by atoms with Gasteiger partial charge in [0.05, 0.1) is 12.5 Å². The molecule has 0 aromatic heterocycles. The lowest BCUT2D eigenvalue weighted by Crippen LogP contribution is -2.38. The van der Waals surface area contributed by atoms with Crippen molar-refractivity contribution in [2.45, 2.75) is 33.1 Å². The van der Waals surface area contributed by atoms with Crippen molar-refractivity contribution < 1.29 is 9.53 Å². The largest absolute Gasteiger partial charge is 0.496 e. The maximum Gasteiger partial charge on any atom is 0.229 e. The van der Waals surface area contributed by atoms with Gasteiger partial charge in [0.15, 0.2) is 0 Å². The minimum atomic E-state index is -0.599. The van der Waals surface area contributed by atoms with E-state index in [1.807, 2.05) is 33.8 Å². The number of ether oxygens (including phenoxy) is 1. The van der Waals surface area contributed by atoms with Crippen molar-refractivity contribution in [3.8, 4) is 5.75 Å². The van der Waals surface area contributed by atoms with Crippen molar-refractivity contribution in [2.24, 2.45) is 0 Å². The van der Waals surface area contributed by atoms with Gasteiger partial charge in [-0.3, -0.25) is 4.79 Å². The number of carbonyl (C=O) groups is 1. The van der Waals surface area contributed by atoms with E-state index < -0.39 is 5.41 Å². The fraction of sp³-hybridized carbons (Fsp3) is 0.500. The van der Waals surface area contributed by atoms with Gasteiger partial charge in [-0.15, -0.1) is 0 Å². The van der Waals surface area contributed by atoms with Crippen LogP contribution in [0.15, 0.2) is 12.1 Å². The van der Waals surface area contributed by atoms with Crippen molar-refractivity contribution in [3.63, 3.8) is 0 Å². The van der Waals surface area contributed by atoms with Gasteiger partial charge >= 0.3 is 0 Å². The second kappa shape index (κ2) is 4.78. The van der Waals surface area contributed by atoms with Gasteiger partial charge in [0, 0.05) is 12.6 Å². The second-order valence-corrected chi connectivity index (χ2v) is 4.86. The molecule has 3 heteroatoms. The van der Waals surface area contributed by atoms with Gasteiger partial charge in [0.2, 0.25) is 5.91 Å². The van der Waals surface area contributed by atoms with E-state index in [1.54, 1.807) is 14.2 Å². The normalized spacial score (nSPS) is 11.2. The van der Waals surface area contributed by atoms with Crippen LogP contribution < -0.4 is 10.1 Å². The van der Waals surface area contributed by atoms with Crippen LogP contribution in [0.2, 0.25) is 0 Å². The van der Waals surface area contributed by atoms with E-state index in [0.29, 0.717) is 0 Å². The van der Waals surface area contributed by atoms with Gasteiger partial charge in [0.25, 0.3) is 0 Å². The number of aryl methyl sites for hydroxylation is 2. The molecule has 3 nitrogen and oxygen atoms in total. The van der Waals surface area contributed by atoms with E-state index in [1.165, 1.54) is 0 Å². The SMILES string of the molecule is CNC(=O)C(C)(C)c1c(C)cc(C)cc1OC. The third-order valence-electron chi connectivity index (χ3n) is 3.08. The maximum atomic E-state index is 12.0. The summed E-state index contributed by atoms with van der Waals surface area (Å²) in [6.07, 6.45) is 0. The third kappa shape index (κ3) is 2.43.